The first-order valence-corrected chi connectivity index (χ1v) is 10.0. The van der Waals surface area contributed by atoms with Crippen LogP contribution in [0.4, 0.5) is 5.13 Å². The predicted molar refractivity (Wildman–Crippen MR) is 105 cm³/mol. The van der Waals surface area contributed by atoms with E-state index in [-0.39, 0.29) is 18.3 Å². The molecule has 0 unspecified atom stereocenters. The van der Waals surface area contributed by atoms with Gasteiger partial charge in [0, 0.05) is 10.9 Å². The first kappa shape index (κ1) is 20.1. The van der Waals surface area contributed by atoms with Crippen molar-refractivity contribution in [2.45, 2.75) is 52.4 Å². The molecule has 0 atom stereocenters. The Morgan fingerprint density at radius 1 is 1.12 bits per heavy atom. The van der Waals surface area contributed by atoms with Gasteiger partial charge >= 0.3 is 5.97 Å². The quantitative estimate of drug-likeness (QED) is 0.486. The maximum Gasteiger partial charge on any atom is 0.311 e. The number of nitrogens with one attached hydrogen (secondary N) is 1. The molecule has 0 aliphatic carbocycles. The van der Waals surface area contributed by atoms with Crippen molar-refractivity contribution in [3.05, 3.63) is 46.5 Å². The second-order valence-corrected chi connectivity index (χ2v) is 6.95. The fraction of sp³-hybridized carbons (Fsp3) is 0.450. The zero-order valence-corrected chi connectivity index (χ0v) is 16.2. The number of benzene rings is 1. The van der Waals surface area contributed by atoms with E-state index in [1.165, 1.54) is 42.6 Å². The molecule has 0 aliphatic heterocycles. The summed E-state index contributed by atoms with van der Waals surface area (Å²) >= 11 is 1.30. The fourth-order valence-electron chi connectivity index (χ4n) is 2.55. The number of esters is 1. The van der Waals surface area contributed by atoms with Crippen LogP contribution in [0.15, 0.2) is 29.6 Å². The topological polar surface area (TPSA) is 68.3 Å². The fourth-order valence-corrected chi connectivity index (χ4v) is 3.26. The molecule has 0 saturated carbocycles. The summed E-state index contributed by atoms with van der Waals surface area (Å²) in [6.45, 7) is 4.32. The normalized spacial score (nSPS) is 10.5. The van der Waals surface area contributed by atoms with Gasteiger partial charge in [0.05, 0.1) is 18.7 Å². The third-order valence-corrected chi connectivity index (χ3v) is 4.74. The third kappa shape index (κ3) is 6.59. The van der Waals surface area contributed by atoms with Crippen LogP contribution >= 0.6 is 11.3 Å². The highest BCUT2D eigenvalue weighted by atomic mass is 32.1. The van der Waals surface area contributed by atoms with Crippen LogP contribution in [0.5, 0.6) is 0 Å². The highest BCUT2D eigenvalue weighted by Crippen LogP contribution is 2.18. The van der Waals surface area contributed by atoms with Gasteiger partial charge in [0.15, 0.2) is 5.13 Å². The van der Waals surface area contributed by atoms with Crippen LogP contribution < -0.4 is 5.32 Å². The van der Waals surface area contributed by atoms with Gasteiger partial charge in [-0.25, -0.2) is 4.98 Å². The molecule has 1 aromatic carbocycles. The van der Waals surface area contributed by atoms with E-state index in [1.54, 1.807) is 12.3 Å². The molecule has 0 aliphatic rings. The number of unbranched alkanes of at least 4 members (excludes halogenated alkanes) is 3. The van der Waals surface area contributed by atoms with Crippen molar-refractivity contribution >= 4 is 28.3 Å². The van der Waals surface area contributed by atoms with Crippen LogP contribution in [-0.2, 0) is 22.4 Å². The Morgan fingerprint density at radius 2 is 1.88 bits per heavy atom. The molecule has 0 fully saturated rings. The zero-order valence-electron chi connectivity index (χ0n) is 15.4. The van der Waals surface area contributed by atoms with E-state index in [1.807, 2.05) is 24.3 Å². The van der Waals surface area contributed by atoms with Crippen LogP contribution in [0.3, 0.4) is 0 Å². The number of hydrogen-bond acceptors (Lipinski definition) is 5. The number of carbonyl (C=O) groups excluding carboxylic acids is 2. The highest BCUT2D eigenvalue weighted by Gasteiger charge is 2.11. The van der Waals surface area contributed by atoms with Gasteiger partial charge < -0.3 is 4.74 Å². The highest BCUT2D eigenvalue weighted by molar-refractivity contribution is 7.14. The maximum atomic E-state index is 12.3. The van der Waals surface area contributed by atoms with Crippen molar-refractivity contribution in [1.29, 1.82) is 0 Å². The number of amides is 1. The summed E-state index contributed by atoms with van der Waals surface area (Å²) < 4.78 is 4.90. The van der Waals surface area contributed by atoms with Crippen LogP contribution in [-0.4, -0.2) is 23.5 Å². The average molecular weight is 375 g/mol. The second kappa shape index (κ2) is 10.7. The lowest BCUT2D eigenvalue weighted by Gasteiger charge is -2.04. The van der Waals surface area contributed by atoms with Gasteiger partial charge in [-0.3, -0.25) is 14.9 Å². The summed E-state index contributed by atoms with van der Waals surface area (Å²) in [4.78, 5) is 28.0. The summed E-state index contributed by atoms with van der Waals surface area (Å²) in [7, 11) is 0. The Hall–Kier alpha value is -2.21. The van der Waals surface area contributed by atoms with Crippen molar-refractivity contribution in [1.82, 2.24) is 4.98 Å². The van der Waals surface area contributed by atoms with Gasteiger partial charge in [-0.05, 0) is 37.5 Å². The number of nitrogens with zero attached hydrogens (tertiary/aromatic N) is 1. The molecule has 1 heterocycles. The van der Waals surface area contributed by atoms with Gasteiger partial charge in [0.2, 0.25) is 0 Å². The number of thiazole rings is 1. The standard InChI is InChI=1S/C20H26N2O3S/c1-3-5-6-7-8-15-9-11-16(12-10-15)19(24)22-20-21-17(14-26-20)13-18(23)25-4-2/h9-12,14H,3-8,13H2,1-2H3,(H,21,22,24). The molecule has 1 aromatic heterocycles. The minimum absolute atomic E-state index is 0.118. The maximum absolute atomic E-state index is 12.3. The smallest absolute Gasteiger partial charge is 0.311 e. The zero-order chi connectivity index (χ0) is 18.8. The lowest BCUT2D eigenvalue weighted by atomic mass is 10.0. The SMILES string of the molecule is CCCCCCc1ccc(C(=O)Nc2nc(CC(=O)OCC)cs2)cc1. The number of ether oxygens (including phenoxy) is 1. The summed E-state index contributed by atoms with van der Waals surface area (Å²) in [5.41, 5.74) is 2.46. The molecular formula is C20H26N2O3S. The molecule has 6 heteroatoms. The van der Waals surface area contributed by atoms with E-state index in [0.29, 0.717) is 23.0 Å². The Kier molecular flexibility index (Phi) is 8.28. The molecule has 1 amide bonds. The molecule has 5 nitrogen and oxygen atoms in total. The summed E-state index contributed by atoms with van der Waals surface area (Å²) in [5.74, 6) is -0.509. The molecular weight excluding hydrogens is 348 g/mol. The minimum Gasteiger partial charge on any atom is -0.466 e. The molecule has 0 bridgehead atoms. The molecule has 1 N–H and O–H groups in total. The Bertz CT molecular complexity index is 710. The Balaban J connectivity index is 1.85. The van der Waals surface area contributed by atoms with Crippen LogP contribution in [0.25, 0.3) is 0 Å². The lowest BCUT2D eigenvalue weighted by molar-refractivity contribution is -0.142. The largest absolute Gasteiger partial charge is 0.466 e. The van der Waals surface area contributed by atoms with Gasteiger partial charge in [0.25, 0.3) is 5.91 Å². The van der Waals surface area contributed by atoms with Crippen molar-refractivity contribution < 1.29 is 14.3 Å². The molecule has 0 spiro atoms. The van der Waals surface area contributed by atoms with Gasteiger partial charge in [0.1, 0.15) is 0 Å². The first-order chi connectivity index (χ1) is 12.6. The number of aromatic nitrogens is 1. The van der Waals surface area contributed by atoms with E-state index in [9.17, 15) is 9.59 Å². The minimum atomic E-state index is -0.315. The predicted octanol–water partition coefficient (Wildman–Crippen LogP) is 4.62. The summed E-state index contributed by atoms with van der Waals surface area (Å²) in [6, 6.07) is 7.71. The second-order valence-electron chi connectivity index (χ2n) is 6.09. The third-order valence-electron chi connectivity index (χ3n) is 3.94. The van der Waals surface area contributed by atoms with E-state index < -0.39 is 0 Å². The average Bonchev–Trinajstić information content (AvgIpc) is 3.06. The Labute approximate surface area is 158 Å². The number of carbonyl (C=O) groups is 2. The number of anilines is 1. The summed E-state index contributed by atoms with van der Waals surface area (Å²) in [5, 5.41) is 5.02. The van der Waals surface area contributed by atoms with Gasteiger partial charge in [-0.1, -0.05) is 38.3 Å². The van der Waals surface area contributed by atoms with E-state index in [0.717, 1.165) is 6.42 Å². The van der Waals surface area contributed by atoms with E-state index in [2.05, 4.69) is 17.2 Å². The van der Waals surface area contributed by atoms with Gasteiger partial charge in [-0.2, -0.15) is 0 Å². The van der Waals surface area contributed by atoms with Crippen molar-refractivity contribution in [3.8, 4) is 0 Å². The van der Waals surface area contributed by atoms with E-state index >= 15 is 0 Å². The molecule has 2 aromatic rings. The van der Waals surface area contributed by atoms with E-state index in [4.69, 9.17) is 4.74 Å². The number of rotatable bonds is 10. The molecule has 0 saturated heterocycles. The molecule has 140 valence electrons. The molecule has 0 radical (unpaired) electrons. The lowest BCUT2D eigenvalue weighted by Crippen LogP contribution is -2.12. The van der Waals surface area contributed by atoms with Gasteiger partial charge in [-0.15, -0.1) is 11.3 Å². The van der Waals surface area contributed by atoms with Crippen LogP contribution in [0.1, 0.15) is 61.1 Å². The number of aryl methyl sites for hydroxylation is 1. The van der Waals surface area contributed by atoms with Crippen molar-refractivity contribution in [2.75, 3.05) is 11.9 Å². The first-order valence-electron chi connectivity index (χ1n) is 9.12. The van der Waals surface area contributed by atoms with Crippen molar-refractivity contribution in [3.63, 3.8) is 0 Å². The van der Waals surface area contributed by atoms with Crippen LogP contribution in [0, 0.1) is 0 Å². The molecule has 2 rings (SSSR count). The monoisotopic (exact) mass is 374 g/mol. The van der Waals surface area contributed by atoms with Crippen LogP contribution in [0.2, 0.25) is 0 Å². The summed E-state index contributed by atoms with van der Waals surface area (Å²) in [6.07, 6.45) is 6.10. The van der Waals surface area contributed by atoms with Crippen molar-refractivity contribution in [2.24, 2.45) is 0 Å². The molecule has 26 heavy (non-hydrogen) atoms. The number of hydrogen-bond donors (Lipinski definition) is 1. The Morgan fingerprint density at radius 3 is 2.58 bits per heavy atom.